The zero-order valence-corrected chi connectivity index (χ0v) is 13.0. The Labute approximate surface area is 127 Å². The molecule has 0 spiro atoms. The highest BCUT2D eigenvalue weighted by Crippen LogP contribution is 2.02. The molecule has 0 saturated carbocycles. The Kier molecular flexibility index (Phi) is 10.8. The van der Waals surface area contributed by atoms with Crippen molar-refractivity contribution >= 4 is 35.5 Å². The van der Waals surface area contributed by atoms with Gasteiger partial charge in [-0.1, -0.05) is 0 Å². The number of esters is 2. The van der Waals surface area contributed by atoms with E-state index in [0.717, 1.165) is 23.0 Å². The predicted octanol–water partition coefficient (Wildman–Crippen LogP) is 0.586. The third kappa shape index (κ3) is 10.4. The van der Waals surface area contributed by atoms with E-state index < -0.39 is 11.9 Å². The Bertz CT molecular complexity index is 261. The van der Waals surface area contributed by atoms with E-state index in [0.29, 0.717) is 26.4 Å². The van der Waals surface area contributed by atoms with Crippen LogP contribution in [0.3, 0.4) is 0 Å². The Morgan fingerprint density at radius 2 is 1.10 bits per heavy atom. The van der Waals surface area contributed by atoms with Crippen molar-refractivity contribution in [3.05, 3.63) is 0 Å². The van der Waals surface area contributed by atoms with Crippen LogP contribution in [-0.2, 0) is 28.5 Å². The number of carbonyl (C=O) groups excluding carboxylic acids is 2. The number of thioether (sulfide) groups is 2. The average molecular weight is 324 g/mol. The summed E-state index contributed by atoms with van der Waals surface area (Å²) in [6, 6.07) is 0. The first kappa shape index (κ1) is 17.6. The van der Waals surface area contributed by atoms with Crippen LogP contribution in [0.25, 0.3) is 0 Å². The lowest BCUT2D eigenvalue weighted by atomic mass is 10.6. The monoisotopic (exact) mass is 324 g/mol. The number of hydrogen-bond acceptors (Lipinski definition) is 8. The zero-order chi connectivity index (χ0) is 14.5. The van der Waals surface area contributed by atoms with Gasteiger partial charge < -0.3 is 18.9 Å². The minimum absolute atomic E-state index is 0.225. The van der Waals surface area contributed by atoms with Crippen LogP contribution in [0.15, 0.2) is 0 Å². The van der Waals surface area contributed by atoms with Crippen LogP contribution in [0.4, 0.5) is 0 Å². The van der Waals surface area contributed by atoms with Gasteiger partial charge in [0.25, 0.3) is 0 Å². The molecule has 1 rings (SSSR count). The van der Waals surface area contributed by atoms with Crippen LogP contribution in [-0.4, -0.2) is 74.6 Å². The first-order valence-electron chi connectivity index (χ1n) is 6.41. The number of rotatable bonds is 0. The smallest absolute Gasteiger partial charge is 0.332 e. The molecule has 1 heterocycles. The molecular formula is C12H20O6S2. The highest BCUT2D eigenvalue weighted by atomic mass is 32.2. The van der Waals surface area contributed by atoms with Crippen molar-refractivity contribution in [3.63, 3.8) is 0 Å². The summed E-state index contributed by atoms with van der Waals surface area (Å²) in [5.41, 5.74) is 0. The Hall–Kier alpha value is -0.440. The molecule has 6 nitrogen and oxygen atoms in total. The van der Waals surface area contributed by atoms with E-state index in [1.807, 2.05) is 0 Å². The summed E-state index contributed by atoms with van der Waals surface area (Å²) in [5.74, 6) is 2.29. The van der Waals surface area contributed by atoms with Crippen molar-refractivity contribution in [1.29, 1.82) is 0 Å². The second kappa shape index (κ2) is 12.3. The Morgan fingerprint density at radius 3 is 1.60 bits per heavy atom. The molecule has 1 saturated heterocycles. The van der Waals surface area contributed by atoms with Gasteiger partial charge in [0.15, 0.2) is 0 Å². The van der Waals surface area contributed by atoms with E-state index in [4.69, 9.17) is 18.9 Å². The Morgan fingerprint density at radius 1 is 0.650 bits per heavy atom. The van der Waals surface area contributed by atoms with Gasteiger partial charge in [0.05, 0.1) is 13.2 Å². The summed E-state index contributed by atoms with van der Waals surface area (Å²) < 4.78 is 20.2. The maximum Gasteiger partial charge on any atom is 0.332 e. The summed E-state index contributed by atoms with van der Waals surface area (Å²) in [6.45, 7) is 1.62. The molecule has 0 aromatic heterocycles. The van der Waals surface area contributed by atoms with Crippen LogP contribution >= 0.6 is 23.5 Å². The van der Waals surface area contributed by atoms with Gasteiger partial charge in [0.1, 0.15) is 26.4 Å². The molecule has 116 valence electrons. The summed E-state index contributed by atoms with van der Waals surface area (Å²) in [7, 11) is 0. The van der Waals surface area contributed by atoms with E-state index >= 15 is 0 Å². The minimum Gasteiger partial charge on any atom is -0.463 e. The maximum atomic E-state index is 11.2. The molecule has 1 fully saturated rings. The second-order valence-corrected chi connectivity index (χ2v) is 6.22. The molecule has 8 heteroatoms. The standard InChI is InChI=1S/C12H20O6S2/c13-11-9-16-10-12(14)18-4-8-20-6-2-15-1-5-19-7-3-17-11/h1-10H2. The van der Waals surface area contributed by atoms with E-state index in [-0.39, 0.29) is 13.2 Å². The molecule has 1 aliphatic rings. The summed E-state index contributed by atoms with van der Waals surface area (Å²) in [4.78, 5) is 22.5. The van der Waals surface area contributed by atoms with Crippen molar-refractivity contribution < 1.29 is 28.5 Å². The molecule has 20 heavy (non-hydrogen) atoms. The number of ether oxygens (including phenoxy) is 4. The predicted molar refractivity (Wildman–Crippen MR) is 78.2 cm³/mol. The lowest BCUT2D eigenvalue weighted by molar-refractivity contribution is -0.154. The lowest BCUT2D eigenvalue weighted by Gasteiger charge is -2.08. The molecular weight excluding hydrogens is 304 g/mol. The van der Waals surface area contributed by atoms with Crippen molar-refractivity contribution in [1.82, 2.24) is 0 Å². The Balaban J connectivity index is 2.20. The van der Waals surface area contributed by atoms with Gasteiger partial charge in [-0.2, -0.15) is 23.5 Å². The summed E-state index contributed by atoms with van der Waals surface area (Å²) in [6.07, 6.45) is 0. The third-order valence-corrected chi connectivity index (χ3v) is 3.99. The van der Waals surface area contributed by atoms with Gasteiger partial charge in [-0.05, 0) is 0 Å². The number of carbonyl (C=O) groups is 2. The zero-order valence-electron chi connectivity index (χ0n) is 11.3. The normalized spacial score (nSPS) is 22.2. The van der Waals surface area contributed by atoms with Crippen LogP contribution in [0, 0.1) is 0 Å². The van der Waals surface area contributed by atoms with E-state index in [9.17, 15) is 9.59 Å². The van der Waals surface area contributed by atoms with E-state index in [1.54, 1.807) is 23.5 Å². The highest BCUT2D eigenvalue weighted by Gasteiger charge is 2.07. The largest absolute Gasteiger partial charge is 0.463 e. The van der Waals surface area contributed by atoms with Crippen LogP contribution < -0.4 is 0 Å². The van der Waals surface area contributed by atoms with Crippen LogP contribution in [0.2, 0.25) is 0 Å². The number of cyclic esters (lactones) is 2. The third-order valence-electron chi connectivity index (χ3n) is 2.17. The first-order valence-corrected chi connectivity index (χ1v) is 8.72. The van der Waals surface area contributed by atoms with Gasteiger partial charge in [-0.15, -0.1) is 0 Å². The fourth-order valence-corrected chi connectivity index (χ4v) is 2.55. The molecule has 0 amide bonds. The molecule has 0 aromatic carbocycles. The maximum absolute atomic E-state index is 11.2. The van der Waals surface area contributed by atoms with Crippen molar-refractivity contribution in [2.24, 2.45) is 0 Å². The molecule has 0 radical (unpaired) electrons. The SMILES string of the molecule is O=C1COCC(=O)OCCSCCOCCSCCO1. The fraction of sp³-hybridized carbons (Fsp3) is 0.833. The van der Waals surface area contributed by atoms with Gasteiger partial charge in [-0.25, -0.2) is 9.59 Å². The van der Waals surface area contributed by atoms with Gasteiger partial charge in [0, 0.05) is 23.0 Å². The molecule has 0 unspecified atom stereocenters. The number of hydrogen-bond donors (Lipinski definition) is 0. The van der Waals surface area contributed by atoms with Crippen molar-refractivity contribution in [2.45, 2.75) is 0 Å². The van der Waals surface area contributed by atoms with E-state index in [2.05, 4.69) is 0 Å². The van der Waals surface area contributed by atoms with Crippen LogP contribution in [0.5, 0.6) is 0 Å². The lowest BCUT2D eigenvalue weighted by Crippen LogP contribution is -2.20. The van der Waals surface area contributed by atoms with Gasteiger partial charge in [-0.3, -0.25) is 0 Å². The molecule has 0 atom stereocenters. The average Bonchev–Trinajstić information content (AvgIpc) is 2.43. The van der Waals surface area contributed by atoms with Crippen molar-refractivity contribution in [3.8, 4) is 0 Å². The first-order chi connectivity index (χ1) is 9.79. The van der Waals surface area contributed by atoms with Gasteiger partial charge >= 0.3 is 11.9 Å². The molecule has 0 aliphatic carbocycles. The highest BCUT2D eigenvalue weighted by molar-refractivity contribution is 7.99. The quantitative estimate of drug-likeness (QED) is 0.600. The van der Waals surface area contributed by atoms with Crippen molar-refractivity contribution in [2.75, 3.05) is 62.7 Å². The van der Waals surface area contributed by atoms with Gasteiger partial charge in [0.2, 0.25) is 0 Å². The fourth-order valence-electron chi connectivity index (χ4n) is 1.27. The summed E-state index contributed by atoms with van der Waals surface area (Å²) in [5, 5.41) is 0. The summed E-state index contributed by atoms with van der Waals surface area (Å²) >= 11 is 3.35. The van der Waals surface area contributed by atoms with E-state index in [1.165, 1.54) is 0 Å². The second-order valence-electron chi connectivity index (χ2n) is 3.77. The molecule has 1 aliphatic heterocycles. The molecule has 0 bridgehead atoms. The minimum atomic E-state index is -0.466. The molecule has 0 N–H and O–H groups in total. The topological polar surface area (TPSA) is 71.1 Å². The van der Waals surface area contributed by atoms with Crippen LogP contribution in [0.1, 0.15) is 0 Å². The molecule has 0 aromatic rings.